The summed E-state index contributed by atoms with van der Waals surface area (Å²) in [6.45, 7) is 8.97. The molecule has 0 aromatic heterocycles. The van der Waals surface area contributed by atoms with E-state index >= 15 is 0 Å². The smallest absolute Gasteiger partial charge is 0.00208 e. The van der Waals surface area contributed by atoms with Crippen molar-refractivity contribution in [3.05, 3.63) is 0 Å². The molecule has 0 unspecified atom stereocenters. The van der Waals surface area contributed by atoms with E-state index in [1.54, 1.807) is 0 Å². The van der Waals surface area contributed by atoms with E-state index in [-0.39, 0.29) is 12.4 Å². The van der Waals surface area contributed by atoms with Crippen LogP contribution < -0.4 is 5.32 Å². The molecule has 0 radical (unpaired) electrons. The summed E-state index contributed by atoms with van der Waals surface area (Å²) in [5.41, 5.74) is 0. The van der Waals surface area contributed by atoms with E-state index in [0.717, 1.165) is 12.5 Å². The number of nitrogens with one attached hydrogen (secondary N) is 1. The van der Waals surface area contributed by atoms with Gasteiger partial charge in [-0.15, -0.1) is 12.4 Å². The maximum atomic E-state index is 3.35. The van der Waals surface area contributed by atoms with Crippen LogP contribution in [0, 0.1) is 5.92 Å². The van der Waals surface area contributed by atoms with Gasteiger partial charge < -0.3 is 5.32 Å². The quantitative estimate of drug-likeness (QED) is 0.660. The molecule has 10 heavy (non-hydrogen) atoms. The zero-order chi connectivity index (χ0) is 7.11. The second-order valence-electron chi connectivity index (χ2n) is 2.49. The molecule has 0 heterocycles. The first kappa shape index (κ1) is 12.9. The number of hydrogen-bond acceptors (Lipinski definition) is 1. The van der Waals surface area contributed by atoms with E-state index in [0.29, 0.717) is 0 Å². The summed E-state index contributed by atoms with van der Waals surface area (Å²) >= 11 is 0. The Balaban J connectivity index is 0. The molecule has 0 aromatic rings. The molecule has 0 spiro atoms. The fraction of sp³-hybridized carbons (Fsp3) is 1.00. The molecule has 0 amide bonds. The van der Waals surface area contributed by atoms with Gasteiger partial charge in [-0.25, -0.2) is 0 Å². The summed E-state index contributed by atoms with van der Waals surface area (Å²) < 4.78 is 0. The van der Waals surface area contributed by atoms with Gasteiger partial charge in [-0.2, -0.15) is 0 Å². The maximum Gasteiger partial charge on any atom is -0.00208 e. The van der Waals surface area contributed by atoms with Crippen molar-refractivity contribution in [1.29, 1.82) is 0 Å². The second kappa shape index (κ2) is 9.25. The Morgan fingerprint density at radius 2 is 1.60 bits per heavy atom. The Kier molecular flexibility index (Phi) is 11.9. The lowest BCUT2D eigenvalue weighted by Gasteiger charge is -2.11. The van der Waals surface area contributed by atoms with Crippen molar-refractivity contribution in [2.24, 2.45) is 5.92 Å². The summed E-state index contributed by atoms with van der Waals surface area (Å²) in [6.07, 6.45) is 2.62. The van der Waals surface area contributed by atoms with E-state index < -0.39 is 0 Å². The van der Waals surface area contributed by atoms with Gasteiger partial charge in [0.2, 0.25) is 0 Å². The van der Waals surface area contributed by atoms with Crippen LogP contribution in [0.3, 0.4) is 0 Å². The topological polar surface area (TPSA) is 12.0 Å². The van der Waals surface area contributed by atoms with E-state index in [9.17, 15) is 0 Å². The van der Waals surface area contributed by atoms with E-state index in [1.165, 1.54) is 19.4 Å². The average molecular weight is 166 g/mol. The first-order chi connectivity index (χ1) is 4.35. The third kappa shape index (κ3) is 6.37. The van der Waals surface area contributed by atoms with Crippen LogP contribution in [-0.4, -0.2) is 13.1 Å². The van der Waals surface area contributed by atoms with Gasteiger partial charge in [-0.3, -0.25) is 0 Å². The highest BCUT2D eigenvalue weighted by Crippen LogP contribution is 2.04. The third-order valence-electron chi connectivity index (χ3n) is 1.84. The Labute approximate surface area is 71.0 Å². The molecule has 0 rings (SSSR count). The van der Waals surface area contributed by atoms with Crippen LogP contribution in [0.25, 0.3) is 0 Å². The molecule has 0 atom stereocenters. The molecular weight excluding hydrogens is 146 g/mol. The SMILES string of the molecule is CCNCC(CC)CC.Cl. The molecule has 0 aliphatic rings. The largest absolute Gasteiger partial charge is 0.317 e. The molecule has 0 aromatic carbocycles. The molecule has 0 aliphatic heterocycles. The van der Waals surface area contributed by atoms with Gasteiger partial charge in [-0.1, -0.05) is 33.6 Å². The molecule has 64 valence electrons. The average Bonchev–Trinajstić information content (AvgIpc) is 1.91. The van der Waals surface area contributed by atoms with E-state index in [2.05, 4.69) is 26.1 Å². The minimum atomic E-state index is 0. The van der Waals surface area contributed by atoms with E-state index in [1.807, 2.05) is 0 Å². The lowest BCUT2D eigenvalue weighted by molar-refractivity contribution is 0.456. The number of halogens is 1. The molecule has 0 aliphatic carbocycles. The first-order valence-electron chi connectivity index (χ1n) is 4.05. The van der Waals surface area contributed by atoms with Crippen LogP contribution >= 0.6 is 12.4 Å². The van der Waals surface area contributed by atoms with Crippen LogP contribution in [-0.2, 0) is 0 Å². The van der Waals surface area contributed by atoms with Gasteiger partial charge in [-0.05, 0) is 19.0 Å². The fourth-order valence-corrected chi connectivity index (χ4v) is 0.926. The summed E-state index contributed by atoms with van der Waals surface area (Å²) in [5, 5.41) is 3.35. The molecule has 1 nitrogen and oxygen atoms in total. The fourth-order valence-electron chi connectivity index (χ4n) is 0.926. The number of rotatable bonds is 5. The third-order valence-corrected chi connectivity index (χ3v) is 1.84. The maximum absolute atomic E-state index is 3.35. The van der Waals surface area contributed by atoms with Crippen LogP contribution in [0.5, 0.6) is 0 Å². The highest BCUT2D eigenvalue weighted by atomic mass is 35.5. The van der Waals surface area contributed by atoms with Crippen molar-refractivity contribution in [1.82, 2.24) is 5.32 Å². The zero-order valence-corrected chi connectivity index (χ0v) is 8.13. The predicted molar refractivity (Wildman–Crippen MR) is 49.9 cm³/mol. The van der Waals surface area contributed by atoms with Crippen molar-refractivity contribution < 1.29 is 0 Å². The summed E-state index contributed by atoms with van der Waals surface area (Å²) in [5.74, 6) is 0.893. The summed E-state index contributed by atoms with van der Waals surface area (Å²) in [6, 6.07) is 0. The minimum Gasteiger partial charge on any atom is -0.317 e. The minimum absolute atomic E-state index is 0. The Hall–Kier alpha value is 0.250. The van der Waals surface area contributed by atoms with Crippen molar-refractivity contribution in [2.75, 3.05) is 13.1 Å². The van der Waals surface area contributed by atoms with E-state index in [4.69, 9.17) is 0 Å². The van der Waals surface area contributed by atoms with Crippen LogP contribution in [0.15, 0.2) is 0 Å². The van der Waals surface area contributed by atoms with Gasteiger partial charge in [0.1, 0.15) is 0 Å². The molecule has 0 saturated carbocycles. The van der Waals surface area contributed by atoms with Gasteiger partial charge in [0.25, 0.3) is 0 Å². The monoisotopic (exact) mass is 165 g/mol. The molecule has 0 bridgehead atoms. The predicted octanol–water partition coefficient (Wildman–Crippen LogP) is 2.45. The highest BCUT2D eigenvalue weighted by Gasteiger charge is 1.99. The molecular formula is C8H20ClN. The van der Waals surface area contributed by atoms with Gasteiger partial charge >= 0.3 is 0 Å². The Bertz CT molecular complexity index is 53.2. The van der Waals surface area contributed by atoms with Crippen molar-refractivity contribution in [2.45, 2.75) is 33.6 Å². The van der Waals surface area contributed by atoms with Crippen LogP contribution in [0.1, 0.15) is 33.6 Å². The number of hydrogen-bond donors (Lipinski definition) is 1. The van der Waals surface area contributed by atoms with Crippen molar-refractivity contribution >= 4 is 12.4 Å². The normalized spacial score (nSPS) is 9.60. The molecule has 0 fully saturated rings. The Morgan fingerprint density at radius 3 is 1.90 bits per heavy atom. The van der Waals surface area contributed by atoms with Gasteiger partial charge in [0.15, 0.2) is 0 Å². The van der Waals surface area contributed by atoms with Crippen molar-refractivity contribution in [3.63, 3.8) is 0 Å². The van der Waals surface area contributed by atoms with Crippen molar-refractivity contribution in [3.8, 4) is 0 Å². The summed E-state index contributed by atoms with van der Waals surface area (Å²) in [4.78, 5) is 0. The lowest BCUT2D eigenvalue weighted by Crippen LogP contribution is -2.21. The van der Waals surface area contributed by atoms with Crippen LogP contribution in [0.2, 0.25) is 0 Å². The highest BCUT2D eigenvalue weighted by molar-refractivity contribution is 5.85. The standard InChI is InChI=1S/C8H19N.ClH/c1-4-8(5-2)7-9-6-3;/h8-9H,4-7H2,1-3H3;1H. The molecule has 0 saturated heterocycles. The Morgan fingerprint density at radius 1 is 1.10 bits per heavy atom. The molecule has 1 N–H and O–H groups in total. The van der Waals surface area contributed by atoms with Gasteiger partial charge in [0.05, 0.1) is 0 Å². The van der Waals surface area contributed by atoms with Crippen LogP contribution in [0.4, 0.5) is 0 Å². The lowest BCUT2D eigenvalue weighted by atomic mass is 10.0. The first-order valence-corrected chi connectivity index (χ1v) is 4.05. The van der Waals surface area contributed by atoms with Gasteiger partial charge in [0, 0.05) is 0 Å². The summed E-state index contributed by atoms with van der Waals surface area (Å²) in [7, 11) is 0. The second-order valence-corrected chi connectivity index (χ2v) is 2.49. The zero-order valence-electron chi connectivity index (χ0n) is 7.31. The molecule has 2 heteroatoms.